The summed E-state index contributed by atoms with van der Waals surface area (Å²) < 4.78 is 9.94. The molecule has 0 aliphatic heterocycles. The molecule has 1 aromatic carbocycles. The molecule has 0 radical (unpaired) electrons. The first-order valence-electron chi connectivity index (χ1n) is 6.27. The lowest BCUT2D eigenvalue weighted by atomic mass is 10.2. The number of hydrogen-bond donors (Lipinski definition) is 3. The summed E-state index contributed by atoms with van der Waals surface area (Å²) in [6.07, 6.45) is 0.803. The average molecular weight is 325 g/mol. The number of benzene rings is 1. The Morgan fingerprint density at radius 1 is 1.50 bits per heavy atom. The van der Waals surface area contributed by atoms with Crippen molar-refractivity contribution >= 4 is 28.9 Å². The summed E-state index contributed by atoms with van der Waals surface area (Å²) in [6, 6.07) is 6.46. The van der Waals surface area contributed by atoms with E-state index in [1.54, 1.807) is 18.2 Å². The Kier molecular flexibility index (Phi) is 7.19. The Balaban J connectivity index is 2.70. The molecule has 0 bridgehead atoms. The minimum absolute atomic E-state index is 0.112. The predicted molar refractivity (Wildman–Crippen MR) is 84.0 cm³/mol. The Labute approximate surface area is 133 Å². The van der Waals surface area contributed by atoms with Gasteiger partial charge in [-0.05, 0) is 18.2 Å². The third-order valence-corrected chi connectivity index (χ3v) is 2.98. The summed E-state index contributed by atoms with van der Waals surface area (Å²) in [5, 5.41) is 14.6. The zero-order valence-corrected chi connectivity index (χ0v) is 13.0. The minimum Gasteiger partial charge on any atom is -0.399 e. The molecule has 0 atom stereocenters. The van der Waals surface area contributed by atoms with Crippen LogP contribution in [0.3, 0.4) is 0 Å². The maximum absolute atomic E-state index is 12.0. The van der Waals surface area contributed by atoms with Crippen LogP contribution in [0.1, 0.15) is 0 Å². The smallest absolute Gasteiger partial charge is 0.267 e. The van der Waals surface area contributed by atoms with Crippen LogP contribution in [0.5, 0.6) is 0 Å². The van der Waals surface area contributed by atoms with Crippen molar-refractivity contribution in [3.05, 3.63) is 35.0 Å². The monoisotopic (exact) mass is 324 g/mol. The van der Waals surface area contributed by atoms with Crippen LogP contribution in [0.25, 0.3) is 0 Å². The molecule has 0 unspecified atom stereocenters. The number of nitriles is 1. The van der Waals surface area contributed by atoms with E-state index in [0.717, 1.165) is 0 Å². The van der Waals surface area contributed by atoms with Gasteiger partial charge in [0.05, 0.1) is 17.3 Å². The SMILES string of the molecule is COC(CN/C=C(/C#N)C(=O)Nc1ccc(N)cc1Cl)OC. The Bertz CT molecular complexity index is 594. The van der Waals surface area contributed by atoms with Crippen molar-refractivity contribution in [3.63, 3.8) is 0 Å². The number of hydrogen-bond acceptors (Lipinski definition) is 6. The standard InChI is InChI=1S/C14H17ClN4O3/c1-21-13(22-2)8-18-7-9(6-16)14(20)19-12-4-3-10(17)5-11(12)15/h3-5,7,13,18H,8,17H2,1-2H3,(H,19,20)/b9-7-. The molecule has 8 heteroatoms. The van der Waals surface area contributed by atoms with Gasteiger partial charge in [0, 0.05) is 26.1 Å². The summed E-state index contributed by atoms with van der Waals surface area (Å²) >= 11 is 5.96. The first-order valence-corrected chi connectivity index (χ1v) is 6.65. The Morgan fingerprint density at radius 2 is 2.18 bits per heavy atom. The molecule has 0 fully saturated rings. The molecule has 0 saturated carbocycles. The van der Waals surface area contributed by atoms with E-state index in [2.05, 4.69) is 10.6 Å². The van der Waals surface area contributed by atoms with Gasteiger partial charge in [-0.15, -0.1) is 0 Å². The quantitative estimate of drug-likeness (QED) is 0.303. The molecule has 1 rings (SSSR count). The second-order valence-electron chi connectivity index (χ2n) is 4.17. The summed E-state index contributed by atoms with van der Waals surface area (Å²) in [7, 11) is 2.97. The normalized spacial score (nSPS) is 11.1. The minimum atomic E-state index is -0.590. The lowest BCUT2D eigenvalue weighted by molar-refractivity contribution is -0.112. The highest BCUT2D eigenvalue weighted by molar-refractivity contribution is 6.34. The van der Waals surface area contributed by atoms with Gasteiger partial charge in [0.25, 0.3) is 5.91 Å². The van der Waals surface area contributed by atoms with Crippen molar-refractivity contribution in [1.29, 1.82) is 5.26 Å². The lowest BCUT2D eigenvalue weighted by Crippen LogP contribution is -2.27. The zero-order chi connectivity index (χ0) is 16.5. The van der Waals surface area contributed by atoms with Crippen LogP contribution < -0.4 is 16.4 Å². The molecule has 0 aromatic heterocycles. The first-order chi connectivity index (χ1) is 10.5. The molecule has 22 heavy (non-hydrogen) atoms. The summed E-state index contributed by atoms with van der Waals surface area (Å²) in [4.78, 5) is 12.0. The van der Waals surface area contributed by atoms with Gasteiger partial charge < -0.3 is 25.8 Å². The lowest BCUT2D eigenvalue weighted by Gasteiger charge is -2.13. The first kappa shape index (κ1) is 17.8. The van der Waals surface area contributed by atoms with E-state index in [1.807, 2.05) is 0 Å². The van der Waals surface area contributed by atoms with Crippen LogP contribution in [0.4, 0.5) is 11.4 Å². The van der Waals surface area contributed by atoms with E-state index in [4.69, 9.17) is 32.1 Å². The van der Waals surface area contributed by atoms with Crippen molar-refractivity contribution in [1.82, 2.24) is 5.32 Å². The fourth-order valence-corrected chi connectivity index (χ4v) is 1.73. The van der Waals surface area contributed by atoms with Crippen LogP contribution in [0, 0.1) is 11.3 Å². The maximum atomic E-state index is 12.0. The Morgan fingerprint density at radius 3 is 2.73 bits per heavy atom. The number of nitrogen functional groups attached to an aromatic ring is 1. The number of carbonyl (C=O) groups is 1. The van der Waals surface area contributed by atoms with Crippen LogP contribution in [0.2, 0.25) is 5.02 Å². The van der Waals surface area contributed by atoms with Crippen molar-refractivity contribution in [2.24, 2.45) is 0 Å². The molecule has 0 saturated heterocycles. The number of nitrogens with zero attached hydrogens (tertiary/aromatic N) is 1. The van der Waals surface area contributed by atoms with E-state index in [0.29, 0.717) is 11.4 Å². The molecular weight excluding hydrogens is 308 g/mol. The number of rotatable bonds is 7. The number of methoxy groups -OCH3 is 2. The number of carbonyl (C=O) groups excluding carboxylic acids is 1. The molecule has 0 heterocycles. The van der Waals surface area contributed by atoms with Gasteiger partial charge in [-0.2, -0.15) is 5.26 Å². The average Bonchev–Trinajstić information content (AvgIpc) is 2.50. The van der Waals surface area contributed by atoms with Crippen molar-refractivity contribution in [2.45, 2.75) is 6.29 Å². The summed E-state index contributed by atoms with van der Waals surface area (Å²) in [6.45, 7) is 0.286. The maximum Gasteiger partial charge on any atom is 0.267 e. The highest BCUT2D eigenvalue weighted by atomic mass is 35.5. The van der Waals surface area contributed by atoms with Crippen LogP contribution in [-0.4, -0.2) is 33.0 Å². The van der Waals surface area contributed by atoms with Gasteiger partial charge >= 0.3 is 0 Å². The topological polar surface area (TPSA) is 109 Å². The van der Waals surface area contributed by atoms with Crippen LogP contribution >= 0.6 is 11.6 Å². The zero-order valence-electron chi connectivity index (χ0n) is 12.2. The number of ether oxygens (including phenoxy) is 2. The van der Waals surface area contributed by atoms with E-state index in [9.17, 15) is 4.79 Å². The van der Waals surface area contributed by atoms with Crippen molar-refractivity contribution in [2.75, 3.05) is 31.8 Å². The van der Waals surface area contributed by atoms with E-state index in [1.165, 1.54) is 26.5 Å². The number of nitrogens with two attached hydrogens (primary N) is 1. The third kappa shape index (κ3) is 5.26. The largest absolute Gasteiger partial charge is 0.399 e. The van der Waals surface area contributed by atoms with Gasteiger partial charge in [0.1, 0.15) is 11.6 Å². The number of halogens is 1. The molecule has 0 aliphatic rings. The van der Waals surface area contributed by atoms with E-state index in [-0.39, 0.29) is 17.1 Å². The van der Waals surface area contributed by atoms with Crippen LogP contribution in [-0.2, 0) is 14.3 Å². The van der Waals surface area contributed by atoms with Gasteiger partial charge in [-0.25, -0.2) is 0 Å². The van der Waals surface area contributed by atoms with Crippen molar-refractivity contribution in [3.8, 4) is 6.07 Å². The Hall–Kier alpha value is -2.27. The summed E-state index contributed by atoms with van der Waals surface area (Å²) in [5.41, 5.74) is 6.30. The predicted octanol–water partition coefficient (Wildman–Crippen LogP) is 1.48. The van der Waals surface area contributed by atoms with E-state index < -0.39 is 12.2 Å². The highest BCUT2D eigenvalue weighted by Crippen LogP contribution is 2.24. The molecule has 7 nitrogen and oxygen atoms in total. The van der Waals surface area contributed by atoms with Gasteiger partial charge in [-0.1, -0.05) is 11.6 Å². The number of nitrogens with one attached hydrogen (secondary N) is 2. The molecule has 0 spiro atoms. The molecule has 1 amide bonds. The second-order valence-corrected chi connectivity index (χ2v) is 4.58. The molecule has 0 aliphatic carbocycles. The molecule has 1 aromatic rings. The highest BCUT2D eigenvalue weighted by Gasteiger charge is 2.12. The molecule has 118 valence electrons. The molecule has 4 N–H and O–H groups in total. The third-order valence-electron chi connectivity index (χ3n) is 2.66. The number of anilines is 2. The fraction of sp³-hybridized carbons (Fsp3) is 0.286. The van der Waals surface area contributed by atoms with Crippen molar-refractivity contribution < 1.29 is 14.3 Å². The fourth-order valence-electron chi connectivity index (χ4n) is 1.49. The summed E-state index contributed by atoms with van der Waals surface area (Å²) in [5.74, 6) is -0.590. The van der Waals surface area contributed by atoms with Gasteiger partial charge in [0.2, 0.25) is 0 Å². The van der Waals surface area contributed by atoms with Gasteiger partial charge in [0.15, 0.2) is 6.29 Å². The van der Waals surface area contributed by atoms with E-state index >= 15 is 0 Å². The second kappa shape index (κ2) is 8.89. The number of amides is 1. The van der Waals surface area contributed by atoms with Gasteiger partial charge in [-0.3, -0.25) is 4.79 Å². The molecular formula is C14H17ClN4O3. The van der Waals surface area contributed by atoms with Crippen LogP contribution in [0.15, 0.2) is 30.0 Å².